The van der Waals surface area contributed by atoms with Crippen LogP contribution in [-0.4, -0.2) is 21.2 Å². The van der Waals surface area contributed by atoms with Gasteiger partial charge in [0.2, 0.25) is 0 Å². The molecule has 0 radical (unpaired) electrons. The van der Waals surface area contributed by atoms with Gasteiger partial charge in [0.1, 0.15) is 5.15 Å². The van der Waals surface area contributed by atoms with E-state index in [2.05, 4.69) is 30.9 Å². The number of fused-ring (bicyclic) bond motifs is 1. The van der Waals surface area contributed by atoms with Crippen molar-refractivity contribution >= 4 is 50.2 Å². The topological polar surface area (TPSA) is 38.7 Å². The smallest absolute Gasteiger partial charge is 0.189 e. The van der Waals surface area contributed by atoms with Gasteiger partial charge in [0.05, 0.1) is 15.4 Å². The molecule has 0 aliphatic carbocycles. The summed E-state index contributed by atoms with van der Waals surface area (Å²) in [6, 6.07) is 0. The fraction of sp³-hybridized carbons (Fsp3) is 0.125. The van der Waals surface area contributed by atoms with Crippen molar-refractivity contribution in [3.63, 3.8) is 0 Å². The highest BCUT2D eigenvalue weighted by atomic mass is 79.9. The Labute approximate surface area is 98.4 Å². The second-order valence-electron chi connectivity index (χ2n) is 2.52. The molecule has 0 amide bonds. The summed E-state index contributed by atoms with van der Waals surface area (Å²) in [6.07, 6.45) is 5.26. The maximum atomic E-state index is 5.99. The van der Waals surface area contributed by atoms with Crippen molar-refractivity contribution in [2.24, 2.45) is 0 Å². The van der Waals surface area contributed by atoms with Crippen LogP contribution in [0.1, 0.15) is 0 Å². The van der Waals surface area contributed by atoms with Crippen LogP contribution in [0.2, 0.25) is 5.15 Å². The molecular weight excluding hydrogens is 286 g/mol. The molecule has 2 aromatic rings. The lowest BCUT2D eigenvalue weighted by Crippen LogP contribution is -1.90. The first kappa shape index (κ1) is 10.1. The molecule has 2 aromatic heterocycles. The highest BCUT2D eigenvalue weighted by Gasteiger charge is 2.07. The molecule has 0 bridgehead atoms. The van der Waals surface area contributed by atoms with Crippen molar-refractivity contribution in [2.75, 3.05) is 6.26 Å². The van der Waals surface area contributed by atoms with Crippen LogP contribution >= 0.6 is 39.3 Å². The predicted molar refractivity (Wildman–Crippen MR) is 61.8 cm³/mol. The van der Waals surface area contributed by atoms with Gasteiger partial charge in [-0.15, -0.1) is 0 Å². The van der Waals surface area contributed by atoms with Gasteiger partial charge in [-0.3, -0.25) is 4.98 Å². The van der Waals surface area contributed by atoms with E-state index in [1.807, 2.05) is 6.26 Å². The van der Waals surface area contributed by atoms with Crippen LogP contribution in [0.15, 0.2) is 22.0 Å². The van der Waals surface area contributed by atoms with Crippen LogP contribution in [0, 0.1) is 0 Å². The molecule has 0 unspecified atom stereocenters. The Hall–Kier alpha value is -0.390. The number of pyridine rings is 1. The number of hydrogen-bond acceptors (Lipinski definition) is 4. The molecule has 0 fully saturated rings. The minimum atomic E-state index is 0.438. The summed E-state index contributed by atoms with van der Waals surface area (Å²) in [5.41, 5.74) is 0.796. The fourth-order valence-corrected chi connectivity index (χ4v) is 2.10. The van der Waals surface area contributed by atoms with Gasteiger partial charge in [-0.2, -0.15) is 0 Å². The molecule has 72 valence electrons. The Morgan fingerprint density at radius 1 is 1.36 bits per heavy atom. The van der Waals surface area contributed by atoms with Crippen molar-refractivity contribution in [2.45, 2.75) is 5.16 Å². The average Bonchev–Trinajstić information content (AvgIpc) is 2.19. The monoisotopic (exact) mass is 289 g/mol. The zero-order valence-corrected chi connectivity index (χ0v) is 10.3. The zero-order chi connectivity index (χ0) is 10.1. The summed E-state index contributed by atoms with van der Waals surface area (Å²) in [5, 5.41) is 1.86. The molecule has 0 N–H and O–H groups in total. The standard InChI is InChI=1S/C8H5BrClN3S/c1-14-8-12-6-4(7(10)13-8)2-11-3-5(6)9/h2-3H,1H3. The number of hydrogen-bond donors (Lipinski definition) is 0. The summed E-state index contributed by atoms with van der Waals surface area (Å²) < 4.78 is 0.828. The number of rotatable bonds is 1. The first-order valence-corrected chi connectivity index (χ1v) is 6.12. The SMILES string of the molecule is CSc1nc(Cl)c2cncc(Br)c2n1. The van der Waals surface area contributed by atoms with E-state index in [9.17, 15) is 0 Å². The minimum Gasteiger partial charge on any atom is -0.263 e. The molecule has 2 rings (SSSR count). The van der Waals surface area contributed by atoms with E-state index in [1.54, 1.807) is 12.4 Å². The summed E-state index contributed by atoms with van der Waals surface area (Å²) in [7, 11) is 0. The van der Waals surface area contributed by atoms with Crippen LogP contribution < -0.4 is 0 Å². The Morgan fingerprint density at radius 2 is 2.14 bits per heavy atom. The first-order valence-electron chi connectivity index (χ1n) is 3.73. The molecule has 0 aliphatic heterocycles. The van der Waals surface area contributed by atoms with Gasteiger partial charge in [0, 0.05) is 12.4 Å². The highest BCUT2D eigenvalue weighted by molar-refractivity contribution is 9.10. The number of halogens is 2. The molecule has 3 nitrogen and oxygen atoms in total. The quantitative estimate of drug-likeness (QED) is 0.459. The van der Waals surface area contributed by atoms with E-state index in [1.165, 1.54) is 11.8 Å². The van der Waals surface area contributed by atoms with Gasteiger partial charge in [0.25, 0.3) is 0 Å². The van der Waals surface area contributed by atoms with Gasteiger partial charge in [-0.05, 0) is 22.2 Å². The average molecular weight is 291 g/mol. The zero-order valence-electron chi connectivity index (χ0n) is 7.16. The van der Waals surface area contributed by atoms with Crippen LogP contribution in [0.4, 0.5) is 0 Å². The van der Waals surface area contributed by atoms with Gasteiger partial charge < -0.3 is 0 Å². The minimum absolute atomic E-state index is 0.438. The molecule has 0 atom stereocenters. The second-order valence-corrected chi connectivity index (χ2v) is 4.50. The lowest BCUT2D eigenvalue weighted by Gasteiger charge is -2.02. The van der Waals surface area contributed by atoms with E-state index >= 15 is 0 Å². The summed E-state index contributed by atoms with van der Waals surface area (Å²) in [6.45, 7) is 0. The molecule has 0 saturated heterocycles. The van der Waals surface area contributed by atoms with Crippen molar-refractivity contribution in [1.82, 2.24) is 15.0 Å². The van der Waals surface area contributed by atoms with Gasteiger partial charge in [0.15, 0.2) is 5.16 Å². The van der Waals surface area contributed by atoms with Crippen molar-refractivity contribution in [1.29, 1.82) is 0 Å². The molecule has 0 spiro atoms. The van der Waals surface area contributed by atoms with Gasteiger partial charge in [-0.25, -0.2) is 9.97 Å². The van der Waals surface area contributed by atoms with Crippen molar-refractivity contribution < 1.29 is 0 Å². The van der Waals surface area contributed by atoms with Gasteiger partial charge in [-0.1, -0.05) is 23.4 Å². The fourth-order valence-electron chi connectivity index (χ4n) is 1.05. The Morgan fingerprint density at radius 3 is 2.86 bits per heavy atom. The van der Waals surface area contributed by atoms with Crippen LogP contribution in [0.5, 0.6) is 0 Å². The van der Waals surface area contributed by atoms with E-state index < -0.39 is 0 Å². The largest absolute Gasteiger partial charge is 0.263 e. The molecule has 0 aliphatic rings. The Bertz CT molecular complexity index is 491. The number of aromatic nitrogens is 3. The summed E-state index contributed by atoms with van der Waals surface area (Å²) >= 11 is 10.8. The van der Waals surface area contributed by atoms with Crippen LogP contribution in [0.3, 0.4) is 0 Å². The van der Waals surface area contributed by atoms with Crippen molar-refractivity contribution in [3.8, 4) is 0 Å². The van der Waals surface area contributed by atoms with Crippen LogP contribution in [0.25, 0.3) is 10.9 Å². The van der Waals surface area contributed by atoms with E-state index in [-0.39, 0.29) is 0 Å². The molecule has 14 heavy (non-hydrogen) atoms. The molecule has 0 aromatic carbocycles. The summed E-state index contributed by atoms with van der Waals surface area (Å²) in [4.78, 5) is 12.5. The maximum Gasteiger partial charge on any atom is 0.189 e. The molecular formula is C8H5BrClN3S. The third-order valence-electron chi connectivity index (χ3n) is 1.68. The van der Waals surface area contributed by atoms with Gasteiger partial charge >= 0.3 is 0 Å². The molecule has 2 heterocycles. The Balaban J connectivity index is 2.83. The van der Waals surface area contributed by atoms with E-state index in [0.29, 0.717) is 10.3 Å². The lowest BCUT2D eigenvalue weighted by molar-refractivity contribution is 1.00. The maximum absolute atomic E-state index is 5.99. The second kappa shape index (κ2) is 4.00. The number of nitrogens with zero attached hydrogens (tertiary/aromatic N) is 3. The molecule has 0 saturated carbocycles. The molecule has 6 heteroatoms. The Kier molecular flexibility index (Phi) is 2.90. The lowest BCUT2D eigenvalue weighted by atomic mass is 10.3. The normalized spacial score (nSPS) is 10.8. The van der Waals surface area contributed by atoms with Crippen LogP contribution in [-0.2, 0) is 0 Å². The highest BCUT2D eigenvalue weighted by Crippen LogP contribution is 2.27. The summed E-state index contributed by atoms with van der Waals surface area (Å²) in [5.74, 6) is 0. The predicted octanol–water partition coefficient (Wildman–Crippen LogP) is 3.16. The van der Waals surface area contributed by atoms with E-state index in [4.69, 9.17) is 11.6 Å². The third-order valence-corrected chi connectivity index (χ3v) is 3.10. The number of thioether (sulfide) groups is 1. The van der Waals surface area contributed by atoms with E-state index in [0.717, 1.165) is 15.4 Å². The first-order chi connectivity index (χ1) is 6.72. The van der Waals surface area contributed by atoms with Crippen molar-refractivity contribution in [3.05, 3.63) is 22.0 Å². The third kappa shape index (κ3) is 1.71.